The van der Waals surface area contributed by atoms with E-state index < -0.39 is 0 Å². The zero-order valence-electron chi connectivity index (χ0n) is 17.0. The van der Waals surface area contributed by atoms with Gasteiger partial charge in [0, 0.05) is 19.0 Å². The van der Waals surface area contributed by atoms with E-state index in [1.807, 2.05) is 36.9 Å². The first kappa shape index (κ1) is 19.4. The molecular weight excluding hydrogens is 367 g/mol. The van der Waals surface area contributed by atoms with Crippen LogP contribution >= 0.6 is 0 Å². The van der Waals surface area contributed by atoms with Crippen molar-refractivity contribution in [2.75, 3.05) is 6.61 Å². The van der Waals surface area contributed by atoms with E-state index in [1.165, 1.54) is 0 Å². The minimum absolute atomic E-state index is 0.175. The maximum atomic E-state index is 14.0. The van der Waals surface area contributed by atoms with Gasteiger partial charge in [-0.15, -0.1) is 0 Å². The number of aryl methyl sites for hydroxylation is 2. The minimum atomic E-state index is -0.306. The first-order valence-corrected chi connectivity index (χ1v) is 10.0. The van der Waals surface area contributed by atoms with Crippen LogP contribution in [0.4, 0.5) is 4.39 Å². The molecule has 1 aliphatic carbocycles. The maximum absolute atomic E-state index is 14.0. The summed E-state index contributed by atoms with van der Waals surface area (Å²) in [5.74, 6) is 0.0372. The molecule has 5 heteroatoms. The summed E-state index contributed by atoms with van der Waals surface area (Å²) in [6.45, 7) is 4.05. The molecule has 0 aliphatic heterocycles. The first-order valence-electron chi connectivity index (χ1n) is 10.0. The van der Waals surface area contributed by atoms with Gasteiger partial charge in [-0.3, -0.25) is 4.68 Å². The van der Waals surface area contributed by atoms with E-state index in [-0.39, 0.29) is 11.8 Å². The summed E-state index contributed by atoms with van der Waals surface area (Å²) in [7, 11) is 1.90. The predicted octanol–water partition coefficient (Wildman–Crippen LogP) is 5.18. The molecule has 0 unspecified atom stereocenters. The Morgan fingerprint density at radius 2 is 2.00 bits per heavy atom. The van der Waals surface area contributed by atoms with Gasteiger partial charge in [0.25, 0.3) is 0 Å². The number of rotatable bonds is 6. The number of benzene rings is 2. The first-order chi connectivity index (χ1) is 13.9. The highest BCUT2D eigenvalue weighted by Crippen LogP contribution is 2.40. The van der Waals surface area contributed by atoms with E-state index in [0.717, 1.165) is 46.5 Å². The van der Waals surface area contributed by atoms with Gasteiger partial charge < -0.3 is 4.74 Å². The lowest BCUT2D eigenvalue weighted by Crippen LogP contribution is -2.06. The zero-order chi connectivity index (χ0) is 20.5. The molecule has 1 fully saturated rings. The van der Waals surface area contributed by atoms with Crippen molar-refractivity contribution in [2.45, 2.75) is 39.0 Å². The Balaban J connectivity index is 1.58. The summed E-state index contributed by atoms with van der Waals surface area (Å²) >= 11 is 0. The molecule has 3 aromatic rings. The third-order valence-corrected chi connectivity index (χ3v) is 5.36. The highest BCUT2D eigenvalue weighted by Gasteiger charge is 2.24. The molecule has 0 bridgehead atoms. The van der Waals surface area contributed by atoms with Crippen molar-refractivity contribution in [3.8, 4) is 11.3 Å². The summed E-state index contributed by atoms with van der Waals surface area (Å²) in [5, 5.41) is 4.62. The molecule has 1 heterocycles. The molecule has 4 nitrogen and oxygen atoms in total. The molecule has 0 atom stereocenters. The van der Waals surface area contributed by atoms with Gasteiger partial charge in [-0.2, -0.15) is 5.10 Å². The fraction of sp³-hybridized carbons (Fsp3) is 0.333. The largest absolute Gasteiger partial charge is 0.462 e. The second-order valence-electron chi connectivity index (χ2n) is 7.74. The van der Waals surface area contributed by atoms with Crippen molar-refractivity contribution in [2.24, 2.45) is 7.05 Å². The second kappa shape index (κ2) is 7.82. The molecule has 150 valence electrons. The molecule has 1 saturated carbocycles. The van der Waals surface area contributed by atoms with Crippen molar-refractivity contribution in [3.63, 3.8) is 0 Å². The number of hydrogen-bond donors (Lipinski definition) is 0. The number of hydrogen-bond acceptors (Lipinski definition) is 3. The number of nitrogens with zero attached hydrogens (tertiary/aromatic N) is 2. The predicted molar refractivity (Wildman–Crippen MR) is 111 cm³/mol. The van der Waals surface area contributed by atoms with Crippen LogP contribution in [-0.2, 0) is 18.2 Å². The summed E-state index contributed by atoms with van der Waals surface area (Å²) < 4.78 is 20.9. The molecule has 0 amide bonds. The van der Waals surface area contributed by atoms with Gasteiger partial charge in [-0.05, 0) is 79.6 Å². The van der Waals surface area contributed by atoms with E-state index in [4.69, 9.17) is 4.74 Å². The fourth-order valence-corrected chi connectivity index (χ4v) is 3.78. The normalized spacial score (nSPS) is 13.5. The van der Waals surface area contributed by atoms with Crippen molar-refractivity contribution < 1.29 is 13.9 Å². The topological polar surface area (TPSA) is 44.1 Å². The standard InChI is InChI=1S/C24H25FN2O2/c1-4-29-24(28)22-8-7-18(9-15(22)2)23-14-21(26-27(23)3)12-16-10-19(17-5-6-17)13-20(25)11-16/h7-11,13-14,17H,4-6,12H2,1-3H3. The van der Waals surface area contributed by atoms with Gasteiger partial charge in [0.2, 0.25) is 0 Å². The Kier molecular flexibility index (Phi) is 5.22. The Hall–Kier alpha value is -2.95. The highest BCUT2D eigenvalue weighted by atomic mass is 19.1. The van der Waals surface area contributed by atoms with Crippen molar-refractivity contribution in [1.29, 1.82) is 0 Å². The average Bonchev–Trinajstić information content (AvgIpc) is 3.45. The average molecular weight is 392 g/mol. The van der Waals surface area contributed by atoms with Crippen LogP contribution in [0.5, 0.6) is 0 Å². The molecule has 1 aliphatic rings. The van der Waals surface area contributed by atoms with Crippen LogP contribution < -0.4 is 0 Å². The quantitative estimate of drug-likeness (QED) is 0.543. The molecule has 0 radical (unpaired) electrons. The van der Waals surface area contributed by atoms with Gasteiger partial charge in [0.05, 0.1) is 23.6 Å². The molecule has 4 rings (SSSR count). The van der Waals surface area contributed by atoms with E-state index in [0.29, 0.717) is 24.5 Å². The van der Waals surface area contributed by atoms with Crippen molar-refractivity contribution >= 4 is 5.97 Å². The van der Waals surface area contributed by atoms with E-state index >= 15 is 0 Å². The van der Waals surface area contributed by atoms with Crippen LogP contribution in [0.3, 0.4) is 0 Å². The van der Waals surface area contributed by atoms with E-state index in [9.17, 15) is 9.18 Å². The Morgan fingerprint density at radius 1 is 1.21 bits per heavy atom. The van der Waals surface area contributed by atoms with E-state index in [2.05, 4.69) is 11.2 Å². The molecule has 0 N–H and O–H groups in total. The Morgan fingerprint density at radius 3 is 2.69 bits per heavy atom. The summed E-state index contributed by atoms with van der Waals surface area (Å²) in [5.41, 5.74) is 6.31. The van der Waals surface area contributed by atoms with Gasteiger partial charge in [0.15, 0.2) is 0 Å². The lowest BCUT2D eigenvalue weighted by Gasteiger charge is -2.08. The number of esters is 1. The SMILES string of the molecule is CCOC(=O)c1ccc(-c2cc(Cc3cc(F)cc(C4CC4)c3)nn2C)cc1C. The number of carbonyl (C=O) groups is 1. The van der Waals surface area contributed by atoms with Gasteiger partial charge in [-0.25, -0.2) is 9.18 Å². The zero-order valence-corrected chi connectivity index (χ0v) is 17.0. The lowest BCUT2D eigenvalue weighted by atomic mass is 10.0. The van der Waals surface area contributed by atoms with E-state index in [1.54, 1.807) is 25.1 Å². The maximum Gasteiger partial charge on any atom is 0.338 e. The minimum Gasteiger partial charge on any atom is -0.462 e. The molecule has 2 aromatic carbocycles. The number of ether oxygens (including phenoxy) is 1. The number of halogens is 1. The monoisotopic (exact) mass is 392 g/mol. The second-order valence-corrected chi connectivity index (χ2v) is 7.74. The Bertz CT molecular complexity index is 1070. The van der Waals surface area contributed by atoms with Crippen molar-refractivity contribution in [3.05, 3.63) is 76.2 Å². The van der Waals surface area contributed by atoms with Crippen LogP contribution in [0.25, 0.3) is 11.3 Å². The molecule has 0 saturated heterocycles. The summed E-state index contributed by atoms with van der Waals surface area (Å²) in [4.78, 5) is 12.0. The molecule has 29 heavy (non-hydrogen) atoms. The molecule has 1 aromatic heterocycles. The summed E-state index contributed by atoms with van der Waals surface area (Å²) in [6.07, 6.45) is 2.89. The summed E-state index contributed by atoms with van der Waals surface area (Å²) in [6, 6.07) is 13.1. The fourth-order valence-electron chi connectivity index (χ4n) is 3.78. The van der Waals surface area contributed by atoms with Gasteiger partial charge in [0.1, 0.15) is 5.82 Å². The molecular formula is C24H25FN2O2. The van der Waals surface area contributed by atoms with Gasteiger partial charge in [-0.1, -0.05) is 12.1 Å². The van der Waals surface area contributed by atoms with Crippen LogP contribution in [0.15, 0.2) is 42.5 Å². The van der Waals surface area contributed by atoms with Crippen LogP contribution in [0.1, 0.15) is 58.4 Å². The third kappa shape index (κ3) is 4.24. The van der Waals surface area contributed by atoms with Gasteiger partial charge >= 0.3 is 5.97 Å². The Labute approximate surface area is 170 Å². The number of aromatic nitrogens is 2. The van der Waals surface area contributed by atoms with Crippen LogP contribution in [-0.4, -0.2) is 22.4 Å². The van der Waals surface area contributed by atoms with Crippen LogP contribution in [0.2, 0.25) is 0 Å². The highest BCUT2D eigenvalue weighted by molar-refractivity contribution is 5.91. The van der Waals surface area contributed by atoms with Crippen LogP contribution in [0, 0.1) is 12.7 Å². The number of carbonyl (C=O) groups excluding carboxylic acids is 1. The molecule has 0 spiro atoms. The lowest BCUT2D eigenvalue weighted by molar-refractivity contribution is 0.0525. The third-order valence-electron chi connectivity index (χ3n) is 5.36. The smallest absolute Gasteiger partial charge is 0.338 e. The van der Waals surface area contributed by atoms with Crippen molar-refractivity contribution in [1.82, 2.24) is 9.78 Å².